The molecule has 6 nitrogen and oxygen atoms in total. The second-order valence-corrected chi connectivity index (χ2v) is 6.17. The van der Waals surface area contributed by atoms with Crippen LogP contribution in [0.2, 0.25) is 0 Å². The largest absolute Gasteiger partial charge is 0.295 e. The monoisotopic (exact) mass is 275 g/mol. The maximum Gasteiger partial charge on any atom is 0.277 e. The first-order valence-electron chi connectivity index (χ1n) is 6.49. The Morgan fingerprint density at radius 3 is 2.79 bits per heavy atom. The Hall–Kier alpha value is -1.76. The van der Waals surface area contributed by atoms with Crippen molar-refractivity contribution in [3.05, 3.63) is 22.5 Å². The number of aromatic nitrogens is 4. The van der Waals surface area contributed by atoms with Crippen molar-refractivity contribution in [2.75, 3.05) is 5.32 Å². The number of nitrogens with one attached hydrogen (secondary N) is 2. The van der Waals surface area contributed by atoms with Crippen molar-refractivity contribution >= 4 is 22.4 Å². The molecule has 2 aromatic heterocycles. The minimum Gasteiger partial charge on any atom is -0.295 e. The first-order valence-corrected chi connectivity index (χ1v) is 7.31. The van der Waals surface area contributed by atoms with E-state index in [1.807, 2.05) is 6.07 Å². The van der Waals surface area contributed by atoms with E-state index in [0.717, 1.165) is 10.7 Å². The van der Waals surface area contributed by atoms with E-state index in [-0.39, 0.29) is 5.91 Å². The van der Waals surface area contributed by atoms with Crippen LogP contribution in [0.5, 0.6) is 0 Å². The van der Waals surface area contributed by atoms with Crippen LogP contribution in [-0.2, 0) is 0 Å². The Kier molecular flexibility index (Phi) is 2.41. The highest BCUT2D eigenvalue weighted by molar-refractivity contribution is 7.15. The number of nitrogens with zero attached hydrogens (tertiary/aromatic N) is 3. The highest BCUT2D eigenvalue weighted by Crippen LogP contribution is 2.42. The Labute approximate surface area is 113 Å². The van der Waals surface area contributed by atoms with Crippen LogP contribution in [0, 0.1) is 0 Å². The van der Waals surface area contributed by atoms with Gasteiger partial charge in [-0.3, -0.25) is 15.2 Å². The molecule has 7 heteroatoms. The Balaban J connectivity index is 1.46. The van der Waals surface area contributed by atoms with Crippen molar-refractivity contribution in [2.24, 2.45) is 0 Å². The summed E-state index contributed by atoms with van der Waals surface area (Å²) in [6, 6.07) is 1.83. The second kappa shape index (κ2) is 4.12. The fourth-order valence-electron chi connectivity index (χ4n) is 2.00. The molecule has 0 aliphatic heterocycles. The Bertz CT molecular complexity index is 626. The number of carbonyl (C=O) groups excluding carboxylic acids is 1. The molecular formula is C12H13N5OS. The van der Waals surface area contributed by atoms with Gasteiger partial charge in [-0.1, -0.05) is 11.3 Å². The lowest BCUT2D eigenvalue weighted by atomic mass is 10.2. The number of aromatic amines is 1. The Morgan fingerprint density at radius 1 is 1.26 bits per heavy atom. The predicted octanol–water partition coefficient (Wildman–Crippen LogP) is 2.27. The molecule has 19 heavy (non-hydrogen) atoms. The number of hydrogen-bond acceptors (Lipinski definition) is 5. The number of hydrogen-bond donors (Lipinski definition) is 2. The molecule has 0 unspecified atom stereocenters. The fourth-order valence-corrected chi connectivity index (χ4v) is 2.91. The van der Waals surface area contributed by atoms with Crippen LogP contribution in [0.25, 0.3) is 0 Å². The van der Waals surface area contributed by atoms with Crippen LogP contribution in [0.15, 0.2) is 6.07 Å². The minimum absolute atomic E-state index is 0.221. The van der Waals surface area contributed by atoms with E-state index in [1.165, 1.54) is 37.0 Å². The topological polar surface area (TPSA) is 83.6 Å². The molecule has 2 saturated carbocycles. The van der Waals surface area contributed by atoms with E-state index in [9.17, 15) is 4.79 Å². The van der Waals surface area contributed by atoms with Gasteiger partial charge in [-0.05, 0) is 31.7 Å². The zero-order valence-corrected chi connectivity index (χ0v) is 11.0. The molecule has 2 fully saturated rings. The summed E-state index contributed by atoms with van der Waals surface area (Å²) in [4.78, 5) is 12.0. The van der Waals surface area contributed by atoms with Crippen molar-refractivity contribution < 1.29 is 4.79 Å². The normalized spacial score (nSPS) is 18.5. The van der Waals surface area contributed by atoms with Gasteiger partial charge in [-0.15, -0.1) is 10.2 Å². The average molecular weight is 275 g/mol. The quantitative estimate of drug-likeness (QED) is 0.896. The highest BCUT2D eigenvalue weighted by Gasteiger charge is 2.28. The number of anilines is 1. The molecule has 0 spiro atoms. The lowest BCUT2D eigenvalue weighted by molar-refractivity contribution is 0.102. The second-order valence-electron chi connectivity index (χ2n) is 5.16. The molecule has 2 aliphatic rings. The summed E-state index contributed by atoms with van der Waals surface area (Å²) < 4.78 is 0. The summed E-state index contributed by atoms with van der Waals surface area (Å²) in [5, 5.41) is 19.4. The lowest BCUT2D eigenvalue weighted by Gasteiger charge is -1.95. The van der Waals surface area contributed by atoms with Crippen molar-refractivity contribution in [3.63, 3.8) is 0 Å². The highest BCUT2D eigenvalue weighted by atomic mass is 32.1. The lowest BCUT2D eigenvalue weighted by Crippen LogP contribution is -2.12. The molecule has 0 radical (unpaired) electrons. The zero-order valence-electron chi connectivity index (χ0n) is 10.2. The number of rotatable bonds is 4. The van der Waals surface area contributed by atoms with Crippen LogP contribution in [0.3, 0.4) is 0 Å². The average Bonchev–Trinajstić information content (AvgIpc) is 3.34. The molecule has 2 heterocycles. The van der Waals surface area contributed by atoms with Gasteiger partial charge in [-0.2, -0.15) is 5.10 Å². The molecule has 2 aromatic rings. The Morgan fingerprint density at radius 2 is 2.05 bits per heavy atom. The van der Waals surface area contributed by atoms with Crippen LogP contribution in [-0.4, -0.2) is 26.3 Å². The minimum atomic E-state index is -0.221. The van der Waals surface area contributed by atoms with E-state index in [4.69, 9.17) is 0 Å². The van der Waals surface area contributed by atoms with Crippen molar-refractivity contribution in [2.45, 2.75) is 37.5 Å². The van der Waals surface area contributed by atoms with Gasteiger partial charge in [-0.25, -0.2) is 0 Å². The van der Waals surface area contributed by atoms with E-state index in [0.29, 0.717) is 22.7 Å². The van der Waals surface area contributed by atoms with Gasteiger partial charge in [0, 0.05) is 17.5 Å². The van der Waals surface area contributed by atoms with Crippen LogP contribution < -0.4 is 5.32 Å². The van der Waals surface area contributed by atoms with E-state index < -0.39 is 0 Å². The summed E-state index contributed by atoms with van der Waals surface area (Å²) in [6.45, 7) is 0. The summed E-state index contributed by atoms with van der Waals surface area (Å²) in [7, 11) is 0. The standard InChI is InChI=1S/C12H13N5OS/c18-10(9-5-8(14-15-9)6-1-2-6)13-12-17-16-11(19-12)7-3-4-7/h5-7H,1-4H2,(H,14,15)(H,13,17,18). The summed E-state index contributed by atoms with van der Waals surface area (Å²) in [5.74, 6) is 0.911. The molecular weight excluding hydrogens is 262 g/mol. The van der Waals surface area contributed by atoms with Gasteiger partial charge in [0.2, 0.25) is 5.13 Å². The summed E-state index contributed by atoms with van der Waals surface area (Å²) >= 11 is 1.46. The van der Waals surface area contributed by atoms with E-state index in [2.05, 4.69) is 25.7 Å². The van der Waals surface area contributed by atoms with Crippen LogP contribution in [0.4, 0.5) is 5.13 Å². The third kappa shape index (κ3) is 2.25. The molecule has 2 N–H and O–H groups in total. The van der Waals surface area contributed by atoms with Crippen molar-refractivity contribution in [1.82, 2.24) is 20.4 Å². The molecule has 98 valence electrons. The zero-order chi connectivity index (χ0) is 12.8. The molecule has 2 aliphatic carbocycles. The van der Waals surface area contributed by atoms with Gasteiger partial charge >= 0.3 is 0 Å². The maximum atomic E-state index is 12.0. The first-order chi connectivity index (χ1) is 9.29. The van der Waals surface area contributed by atoms with Crippen LogP contribution >= 0.6 is 11.3 Å². The van der Waals surface area contributed by atoms with Crippen molar-refractivity contribution in [3.8, 4) is 0 Å². The number of amides is 1. The van der Waals surface area contributed by atoms with E-state index >= 15 is 0 Å². The molecule has 0 atom stereocenters. The molecule has 0 bridgehead atoms. The van der Waals surface area contributed by atoms with Gasteiger partial charge in [0.15, 0.2) is 5.69 Å². The van der Waals surface area contributed by atoms with Gasteiger partial charge in [0.05, 0.1) is 0 Å². The third-order valence-electron chi connectivity index (χ3n) is 3.44. The predicted molar refractivity (Wildman–Crippen MR) is 70.4 cm³/mol. The third-order valence-corrected chi connectivity index (χ3v) is 4.44. The molecule has 0 saturated heterocycles. The fraction of sp³-hybridized carbons (Fsp3) is 0.500. The van der Waals surface area contributed by atoms with Crippen LogP contribution in [0.1, 0.15) is 58.7 Å². The number of H-pyrrole nitrogens is 1. The molecule has 1 amide bonds. The summed E-state index contributed by atoms with van der Waals surface area (Å²) in [6.07, 6.45) is 4.74. The smallest absolute Gasteiger partial charge is 0.277 e. The molecule has 0 aromatic carbocycles. The summed E-state index contributed by atoms with van der Waals surface area (Å²) in [5.41, 5.74) is 1.48. The van der Waals surface area contributed by atoms with Crippen molar-refractivity contribution in [1.29, 1.82) is 0 Å². The van der Waals surface area contributed by atoms with Gasteiger partial charge in [0.25, 0.3) is 5.91 Å². The van der Waals surface area contributed by atoms with Gasteiger partial charge in [0.1, 0.15) is 5.01 Å². The number of carbonyl (C=O) groups is 1. The molecule has 4 rings (SSSR count). The SMILES string of the molecule is O=C(Nc1nnc(C2CC2)s1)c1cc(C2CC2)[nH]n1. The van der Waals surface area contributed by atoms with Gasteiger partial charge < -0.3 is 0 Å². The van der Waals surface area contributed by atoms with E-state index in [1.54, 1.807) is 0 Å². The first kappa shape index (κ1) is 11.1. The maximum absolute atomic E-state index is 12.0.